The van der Waals surface area contributed by atoms with Crippen molar-refractivity contribution in [3.63, 3.8) is 0 Å². The van der Waals surface area contributed by atoms with Crippen LogP contribution in [0.3, 0.4) is 0 Å². The topological polar surface area (TPSA) is 66.0 Å². The molecule has 0 atom stereocenters. The number of ether oxygens (including phenoxy) is 4. The number of hydrogen-bond acceptors (Lipinski definition) is 5. The normalized spacial score (nSPS) is 10.6. The van der Waals surface area contributed by atoms with Crippen LogP contribution in [0.25, 0.3) is 0 Å². The van der Waals surface area contributed by atoms with Gasteiger partial charge in [0.15, 0.2) is 23.0 Å². The van der Waals surface area contributed by atoms with E-state index in [0.29, 0.717) is 30.4 Å². The number of rotatable bonds is 11. The Morgan fingerprint density at radius 2 is 1.69 bits per heavy atom. The van der Waals surface area contributed by atoms with Crippen molar-refractivity contribution < 1.29 is 32.5 Å². The molecule has 2 aromatic carbocycles. The summed E-state index contributed by atoms with van der Waals surface area (Å²) in [5, 5.41) is 2.67. The lowest BCUT2D eigenvalue weighted by molar-refractivity contribution is -0.0515. The lowest BCUT2D eigenvalue weighted by Crippen LogP contribution is -2.16. The van der Waals surface area contributed by atoms with E-state index in [-0.39, 0.29) is 17.1 Å². The summed E-state index contributed by atoms with van der Waals surface area (Å²) < 4.78 is 46.5. The minimum absolute atomic E-state index is 0.0354. The van der Waals surface area contributed by atoms with Gasteiger partial charge in [0.25, 0.3) is 5.91 Å². The molecule has 8 heteroatoms. The third kappa shape index (κ3) is 6.23. The van der Waals surface area contributed by atoms with Gasteiger partial charge in [-0.25, -0.2) is 0 Å². The number of hydrogen-bond donors (Lipinski definition) is 1. The van der Waals surface area contributed by atoms with E-state index in [4.69, 9.17) is 14.2 Å². The van der Waals surface area contributed by atoms with Gasteiger partial charge in [0, 0.05) is 11.8 Å². The standard InChI is InChI=1S/C21H25F2NO5/c1-4-11-27-16-10-9-14(13-18(16)28-12-5-2)24-20(25)15-7-6-8-17(26-3)19(15)29-21(22)23/h6-10,13,21H,4-5,11-12H2,1-3H3,(H,24,25). The van der Waals surface area contributed by atoms with Gasteiger partial charge in [-0.1, -0.05) is 19.9 Å². The van der Waals surface area contributed by atoms with E-state index in [1.807, 2.05) is 13.8 Å². The Labute approximate surface area is 168 Å². The van der Waals surface area contributed by atoms with E-state index in [2.05, 4.69) is 10.1 Å². The number of anilines is 1. The second-order valence-electron chi connectivity index (χ2n) is 6.03. The number of alkyl halides is 2. The molecule has 0 aliphatic carbocycles. The highest BCUT2D eigenvalue weighted by Gasteiger charge is 2.21. The highest BCUT2D eigenvalue weighted by atomic mass is 19.3. The maximum atomic E-state index is 12.8. The molecule has 0 heterocycles. The Morgan fingerprint density at radius 3 is 2.31 bits per heavy atom. The van der Waals surface area contributed by atoms with Crippen molar-refractivity contribution >= 4 is 11.6 Å². The van der Waals surface area contributed by atoms with Crippen LogP contribution >= 0.6 is 0 Å². The Morgan fingerprint density at radius 1 is 1.00 bits per heavy atom. The summed E-state index contributed by atoms with van der Waals surface area (Å²) in [4.78, 5) is 12.7. The first-order valence-corrected chi connectivity index (χ1v) is 9.32. The van der Waals surface area contributed by atoms with Crippen LogP contribution in [0.15, 0.2) is 36.4 Å². The maximum Gasteiger partial charge on any atom is 0.387 e. The second kappa shape index (κ2) is 11.1. The Kier molecular flexibility index (Phi) is 8.51. The van der Waals surface area contributed by atoms with Crippen molar-refractivity contribution in [1.29, 1.82) is 0 Å². The third-order valence-electron chi connectivity index (χ3n) is 3.78. The minimum Gasteiger partial charge on any atom is -0.493 e. The summed E-state index contributed by atoms with van der Waals surface area (Å²) in [6.07, 6.45) is 1.65. The van der Waals surface area contributed by atoms with Crippen molar-refractivity contribution in [2.24, 2.45) is 0 Å². The van der Waals surface area contributed by atoms with Crippen molar-refractivity contribution in [1.82, 2.24) is 0 Å². The van der Waals surface area contributed by atoms with Crippen LogP contribution in [0.2, 0.25) is 0 Å². The zero-order valence-electron chi connectivity index (χ0n) is 16.7. The van der Waals surface area contributed by atoms with Gasteiger partial charge in [-0.2, -0.15) is 8.78 Å². The number of methoxy groups -OCH3 is 1. The second-order valence-corrected chi connectivity index (χ2v) is 6.03. The molecule has 0 aliphatic heterocycles. The minimum atomic E-state index is -3.10. The van der Waals surface area contributed by atoms with Crippen LogP contribution in [0.5, 0.6) is 23.0 Å². The molecule has 0 saturated heterocycles. The van der Waals surface area contributed by atoms with Crippen LogP contribution in [-0.4, -0.2) is 32.8 Å². The summed E-state index contributed by atoms with van der Waals surface area (Å²) in [6.45, 7) is 1.90. The number of benzene rings is 2. The molecule has 1 amide bonds. The molecule has 2 aromatic rings. The molecule has 1 N–H and O–H groups in total. The lowest BCUT2D eigenvalue weighted by Gasteiger charge is -2.16. The summed E-state index contributed by atoms with van der Waals surface area (Å²) in [5.41, 5.74) is 0.350. The number of carbonyl (C=O) groups excluding carboxylic acids is 1. The van der Waals surface area contributed by atoms with E-state index in [1.165, 1.54) is 25.3 Å². The van der Waals surface area contributed by atoms with Crippen LogP contribution in [0, 0.1) is 0 Å². The predicted octanol–water partition coefficient (Wildman–Crippen LogP) is 5.13. The van der Waals surface area contributed by atoms with Gasteiger partial charge >= 0.3 is 6.61 Å². The number of amides is 1. The first-order chi connectivity index (χ1) is 14.0. The number of nitrogens with one attached hydrogen (secondary N) is 1. The van der Waals surface area contributed by atoms with Crippen molar-refractivity contribution in [3.05, 3.63) is 42.0 Å². The number of para-hydroxylation sites is 1. The van der Waals surface area contributed by atoms with E-state index >= 15 is 0 Å². The summed E-state index contributed by atoms with van der Waals surface area (Å²) in [5.74, 6) is 0.151. The fourth-order valence-corrected chi connectivity index (χ4v) is 2.51. The quantitative estimate of drug-likeness (QED) is 0.558. The number of halogens is 2. The molecule has 0 radical (unpaired) electrons. The van der Waals surface area contributed by atoms with E-state index in [1.54, 1.807) is 18.2 Å². The molecule has 158 valence electrons. The third-order valence-corrected chi connectivity index (χ3v) is 3.78. The van der Waals surface area contributed by atoms with Gasteiger partial charge in [-0.3, -0.25) is 4.79 Å². The molecule has 0 fully saturated rings. The van der Waals surface area contributed by atoms with Crippen LogP contribution < -0.4 is 24.3 Å². The summed E-state index contributed by atoms with van der Waals surface area (Å²) >= 11 is 0. The van der Waals surface area contributed by atoms with Crippen molar-refractivity contribution in [2.45, 2.75) is 33.3 Å². The summed E-state index contributed by atoms with van der Waals surface area (Å²) in [7, 11) is 1.31. The van der Waals surface area contributed by atoms with Crippen molar-refractivity contribution in [3.8, 4) is 23.0 Å². The molecule has 6 nitrogen and oxygen atoms in total. The van der Waals surface area contributed by atoms with Gasteiger partial charge in [0.05, 0.1) is 25.9 Å². The molecule has 0 aromatic heterocycles. The fourth-order valence-electron chi connectivity index (χ4n) is 2.51. The monoisotopic (exact) mass is 409 g/mol. The average molecular weight is 409 g/mol. The highest BCUT2D eigenvalue weighted by Crippen LogP contribution is 2.34. The van der Waals surface area contributed by atoms with Gasteiger partial charge in [-0.15, -0.1) is 0 Å². The molecule has 0 spiro atoms. The van der Waals surface area contributed by atoms with Gasteiger partial charge in [-0.05, 0) is 37.1 Å². The van der Waals surface area contributed by atoms with Gasteiger partial charge in [0.1, 0.15) is 0 Å². The highest BCUT2D eigenvalue weighted by molar-refractivity contribution is 6.06. The van der Waals surface area contributed by atoms with Crippen LogP contribution in [-0.2, 0) is 0 Å². The Bertz CT molecular complexity index is 814. The lowest BCUT2D eigenvalue weighted by atomic mass is 10.1. The molecular formula is C21H25F2NO5. The maximum absolute atomic E-state index is 12.8. The Balaban J connectivity index is 2.28. The SMILES string of the molecule is CCCOc1ccc(NC(=O)c2cccc(OC)c2OC(F)F)cc1OCCC. The van der Waals surface area contributed by atoms with E-state index in [0.717, 1.165) is 12.8 Å². The molecule has 0 aliphatic rings. The first-order valence-electron chi connectivity index (χ1n) is 9.32. The van der Waals surface area contributed by atoms with E-state index < -0.39 is 12.5 Å². The Hall–Kier alpha value is -3.03. The summed E-state index contributed by atoms with van der Waals surface area (Å²) in [6, 6.07) is 9.30. The fraction of sp³-hybridized carbons (Fsp3) is 0.381. The zero-order chi connectivity index (χ0) is 21.2. The predicted molar refractivity (Wildman–Crippen MR) is 106 cm³/mol. The van der Waals surface area contributed by atoms with Gasteiger partial charge < -0.3 is 24.3 Å². The first kappa shape index (κ1) is 22.3. The van der Waals surface area contributed by atoms with Gasteiger partial charge in [0.2, 0.25) is 0 Å². The molecular weight excluding hydrogens is 384 g/mol. The van der Waals surface area contributed by atoms with E-state index in [9.17, 15) is 13.6 Å². The molecule has 0 saturated carbocycles. The molecule has 0 unspecified atom stereocenters. The average Bonchev–Trinajstić information content (AvgIpc) is 2.71. The largest absolute Gasteiger partial charge is 0.493 e. The zero-order valence-corrected chi connectivity index (χ0v) is 16.7. The smallest absolute Gasteiger partial charge is 0.387 e. The molecule has 2 rings (SSSR count). The van der Waals surface area contributed by atoms with Crippen LogP contribution in [0.4, 0.5) is 14.5 Å². The molecule has 29 heavy (non-hydrogen) atoms. The van der Waals surface area contributed by atoms with Crippen LogP contribution in [0.1, 0.15) is 37.0 Å². The van der Waals surface area contributed by atoms with Crippen molar-refractivity contribution in [2.75, 3.05) is 25.6 Å². The molecule has 0 bridgehead atoms. The number of carbonyl (C=O) groups is 1.